The van der Waals surface area contributed by atoms with Crippen LogP contribution in [0.3, 0.4) is 0 Å². The maximum atomic E-state index is 11.9. The maximum absolute atomic E-state index is 11.9. The molecule has 1 N–H and O–H groups in total. The summed E-state index contributed by atoms with van der Waals surface area (Å²) in [5, 5.41) is 2.34. The van der Waals surface area contributed by atoms with E-state index < -0.39 is 0 Å². The highest BCUT2D eigenvalue weighted by molar-refractivity contribution is 6.30. The number of nitrogens with one attached hydrogen (secondary N) is 1. The van der Waals surface area contributed by atoms with Crippen LogP contribution >= 0.6 is 11.6 Å². The van der Waals surface area contributed by atoms with E-state index in [0.29, 0.717) is 5.02 Å². The smallest absolute Gasteiger partial charge is 0.238 e. The zero-order valence-corrected chi connectivity index (χ0v) is 13.3. The average molecular weight is 313 g/mol. The van der Waals surface area contributed by atoms with Gasteiger partial charge in [-0.25, -0.2) is 5.01 Å². The second kappa shape index (κ2) is 5.85. The standard InChI is InChI=1S/C18H17ClN2O/c1-12-3-5-15(6-4-12)18-11-17(20-21(18)13(2)22)14-7-9-16(19)10-8-14/h3-11,18,20H,1-2H3. The molecule has 1 atom stereocenters. The van der Waals surface area contributed by atoms with Crippen molar-refractivity contribution in [3.05, 3.63) is 76.3 Å². The van der Waals surface area contributed by atoms with E-state index >= 15 is 0 Å². The van der Waals surface area contributed by atoms with Crippen molar-refractivity contribution >= 4 is 23.2 Å². The Morgan fingerprint density at radius 1 is 1.09 bits per heavy atom. The molecule has 3 nitrogen and oxygen atoms in total. The number of nitrogens with zero attached hydrogens (tertiary/aromatic N) is 1. The summed E-state index contributed by atoms with van der Waals surface area (Å²) in [6.07, 6.45) is 2.06. The zero-order valence-electron chi connectivity index (χ0n) is 12.5. The SMILES string of the molecule is CC(=O)N1NC(c2ccc(Cl)cc2)=CC1c1ccc(C)cc1. The molecule has 2 aromatic carbocycles. The number of carbonyl (C=O) groups excluding carboxylic acids is 1. The first kappa shape index (κ1) is 14.7. The van der Waals surface area contributed by atoms with Gasteiger partial charge in [0.25, 0.3) is 0 Å². The Morgan fingerprint density at radius 3 is 2.32 bits per heavy atom. The van der Waals surface area contributed by atoms with Crippen LogP contribution in [0.4, 0.5) is 0 Å². The maximum Gasteiger partial charge on any atom is 0.238 e. The van der Waals surface area contributed by atoms with E-state index in [1.165, 1.54) is 5.56 Å². The first-order valence-electron chi connectivity index (χ1n) is 7.15. The van der Waals surface area contributed by atoms with Crippen LogP contribution in [0, 0.1) is 6.92 Å². The molecule has 0 saturated carbocycles. The van der Waals surface area contributed by atoms with Gasteiger partial charge in [0.1, 0.15) is 0 Å². The Morgan fingerprint density at radius 2 is 1.73 bits per heavy atom. The van der Waals surface area contributed by atoms with Gasteiger partial charge in [0.05, 0.1) is 11.7 Å². The number of amides is 1. The summed E-state index contributed by atoms with van der Waals surface area (Å²) in [6, 6.07) is 15.7. The van der Waals surface area contributed by atoms with E-state index in [1.807, 2.05) is 31.2 Å². The molecule has 0 saturated heterocycles. The van der Waals surface area contributed by atoms with Crippen molar-refractivity contribution in [2.45, 2.75) is 19.9 Å². The Labute approximate surface area is 135 Å². The van der Waals surface area contributed by atoms with E-state index in [1.54, 1.807) is 11.9 Å². The first-order chi connectivity index (χ1) is 10.5. The molecule has 4 heteroatoms. The first-order valence-corrected chi connectivity index (χ1v) is 7.53. The molecule has 2 aromatic rings. The molecule has 0 aliphatic carbocycles. The van der Waals surface area contributed by atoms with Crippen LogP contribution in [0.25, 0.3) is 5.70 Å². The van der Waals surface area contributed by atoms with Gasteiger partial charge in [-0.1, -0.05) is 53.6 Å². The predicted octanol–water partition coefficient (Wildman–Crippen LogP) is 4.10. The van der Waals surface area contributed by atoms with Crippen molar-refractivity contribution < 1.29 is 4.79 Å². The summed E-state index contributed by atoms with van der Waals surface area (Å²) in [4.78, 5) is 11.9. The van der Waals surface area contributed by atoms with Crippen LogP contribution in [0.1, 0.15) is 29.7 Å². The molecule has 0 bridgehead atoms. The molecular formula is C18H17ClN2O. The number of benzene rings is 2. The predicted molar refractivity (Wildman–Crippen MR) is 89.0 cm³/mol. The van der Waals surface area contributed by atoms with Gasteiger partial charge in [-0.15, -0.1) is 0 Å². The topological polar surface area (TPSA) is 32.3 Å². The molecule has 1 amide bonds. The lowest BCUT2D eigenvalue weighted by molar-refractivity contribution is -0.132. The molecule has 0 aromatic heterocycles. The Bertz CT molecular complexity index is 720. The third kappa shape index (κ3) is 2.85. The lowest BCUT2D eigenvalue weighted by Crippen LogP contribution is -2.37. The molecule has 1 heterocycles. The van der Waals surface area contributed by atoms with E-state index in [4.69, 9.17) is 11.6 Å². The minimum atomic E-state index is -0.108. The molecule has 1 unspecified atom stereocenters. The van der Waals surface area contributed by atoms with Crippen LogP contribution < -0.4 is 5.43 Å². The van der Waals surface area contributed by atoms with Crippen LogP contribution in [0.15, 0.2) is 54.6 Å². The summed E-state index contributed by atoms with van der Waals surface area (Å²) in [7, 11) is 0. The van der Waals surface area contributed by atoms with Crippen molar-refractivity contribution in [3.8, 4) is 0 Å². The van der Waals surface area contributed by atoms with Crippen molar-refractivity contribution in [1.82, 2.24) is 10.4 Å². The lowest BCUT2D eigenvalue weighted by Gasteiger charge is -2.24. The van der Waals surface area contributed by atoms with Crippen LogP contribution in [0.2, 0.25) is 5.02 Å². The van der Waals surface area contributed by atoms with Gasteiger partial charge >= 0.3 is 0 Å². The Kier molecular flexibility index (Phi) is 3.90. The van der Waals surface area contributed by atoms with Gasteiger partial charge < -0.3 is 0 Å². The van der Waals surface area contributed by atoms with E-state index in [0.717, 1.165) is 16.8 Å². The third-order valence-electron chi connectivity index (χ3n) is 3.76. The van der Waals surface area contributed by atoms with Crippen LogP contribution in [-0.2, 0) is 4.79 Å². The highest BCUT2D eigenvalue weighted by Gasteiger charge is 2.28. The highest BCUT2D eigenvalue weighted by Crippen LogP contribution is 2.31. The van der Waals surface area contributed by atoms with E-state index in [9.17, 15) is 4.79 Å². The summed E-state index contributed by atoms with van der Waals surface area (Å²) in [5.41, 5.74) is 7.39. The minimum absolute atomic E-state index is 0.0224. The van der Waals surface area contributed by atoms with Gasteiger partial charge in [0.2, 0.25) is 5.91 Å². The Balaban J connectivity index is 1.96. The highest BCUT2D eigenvalue weighted by atomic mass is 35.5. The Hall–Kier alpha value is -2.26. The molecule has 22 heavy (non-hydrogen) atoms. The van der Waals surface area contributed by atoms with Crippen LogP contribution in [0.5, 0.6) is 0 Å². The quantitative estimate of drug-likeness (QED) is 0.905. The fourth-order valence-electron chi connectivity index (χ4n) is 2.54. The summed E-state index contributed by atoms with van der Waals surface area (Å²) in [6.45, 7) is 3.61. The zero-order chi connectivity index (χ0) is 15.7. The summed E-state index contributed by atoms with van der Waals surface area (Å²) in [5.74, 6) is -0.0224. The van der Waals surface area contributed by atoms with Crippen molar-refractivity contribution in [2.75, 3.05) is 0 Å². The minimum Gasteiger partial charge on any atom is -0.295 e. The molecular weight excluding hydrogens is 296 g/mol. The molecule has 0 spiro atoms. The molecule has 1 aliphatic heterocycles. The third-order valence-corrected chi connectivity index (χ3v) is 4.01. The average Bonchev–Trinajstić information content (AvgIpc) is 2.94. The van der Waals surface area contributed by atoms with E-state index in [2.05, 4.69) is 35.8 Å². The van der Waals surface area contributed by atoms with Crippen molar-refractivity contribution in [3.63, 3.8) is 0 Å². The lowest BCUT2D eigenvalue weighted by atomic mass is 10.0. The monoisotopic (exact) mass is 312 g/mol. The molecule has 3 rings (SSSR count). The number of hydrazine groups is 1. The number of aryl methyl sites for hydroxylation is 1. The van der Waals surface area contributed by atoms with Crippen molar-refractivity contribution in [1.29, 1.82) is 0 Å². The fourth-order valence-corrected chi connectivity index (χ4v) is 2.67. The second-order valence-corrected chi connectivity index (χ2v) is 5.88. The normalized spacial score (nSPS) is 17.1. The fraction of sp³-hybridized carbons (Fsp3) is 0.167. The number of carbonyl (C=O) groups is 1. The van der Waals surface area contributed by atoms with Gasteiger partial charge in [-0.05, 0) is 36.3 Å². The molecule has 0 radical (unpaired) electrons. The molecule has 112 valence electrons. The number of hydrogen-bond donors (Lipinski definition) is 1. The van der Waals surface area contributed by atoms with Gasteiger partial charge in [-0.2, -0.15) is 0 Å². The van der Waals surface area contributed by atoms with Crippen LogP contribution in [-0.4, -0.2) is 10.9 Å². The second-order valence-electron chi connectivity index (χ2n) is 5.44. The van der Waals surface area contributed by atoms with Gasteiger partial charge in [0, 0.05) is 11.9 Å². The van der Waals surface area contributed by atoms with Gasteiger partial charge in [0.15, 0.2) is 0 Å². The number of rotatable bonds is 2. The number of halogens is 1. The van der Waals surface area contributed by atoms with Gasteiger partial charge in [-0.3, -0.25) is 10.2 Å². The molecule has 1 aliphatic rings. The summed E-state index contributed by atoms with van der Waals surface area (Å²) < 4.78 is 0. The molecule has 0 fully saturated rings. The van der Waals surface area contributed by atoms with E-state index in [-0.39, 0.29) is 11.9 Å². The summed E-state index contributed by atoms with van der Waals surface area (Å²) >= 11 is 5.93. The largest absolute Gasteiger partial charge is 0.295 e. The van der Waals surface area contributed by atoms with Crippen molar-refractivity contribution in [2.24, 2.45) is 0 Å². The number of hydrogen-bond acceptors (Lipinski definition) is 2.